The van der Waals surface area contributed by atoms with E-state index >= 15 is 0 Å². The molecule has 3 aliphatic rings. The third-order valence-electron chi connectivity index (χ3n) is 7.47. The summed E-state index contributed by atoms with van der Waals surface area (Å²) in [5.41, 5.74) is 5.23. The summed E-state index contributed by atoms with van der Waals surface area (Å²) in [5.74, 6) is -1.46. The van der Waals surface area contributed by atoms with Crippen LogP contribution in [0.4, 0.5) is 5.69 Å². The van der Waals surface area contributed by atoms with E-state index in [1.807, 2.05) is 6.07 Å². The van der Waals surface area contributed by atoms with Crippen LogP contribution in [0.2, 0.25) is 0 Å². The first kappa shape index (κ1) is 27.3. The number of piperazine rings is 1. The molecule has 10 nitrogen and oxygen atoms in total. The zero-order chi connectivity index (χ0) is 27.2. The van der Waals surface area contributed by atoms with Gasteiger partial charge in [-0.05, 0) is 74.7 Å². The number of carboxylic acid groups (broad SMARTS) is 2. The van der Waals surface area contributed by atoms with Gasteiger partial charge in [0.1, 0.15) is 0 Å². The van der Waals surface area contributed by atoms with Crippen LogP contribution in [0, 0.1) is 19.8 Å². The minimum Gasteiger partial charge on any atom is -0.473 e. The Bertz CT molecular complexity index is 1160. The van der Waals surface area contributed by atoms with E-state index in [4.69, 9.17) is 29.3 Å². The molecule has 2 aromatic carbocycles. The minimum absolute atomic E-state index is 0.162. The average Bonchev–Trinajstić information content (AvgIpc) is 3.39. The fourth-order valence-electron chi connectivity index (χ4n) is 5.14. The zero-order valence-corrected chi connectivity index (χ0v) is 21.9. The molecule has 0 aliphatic carbocycles. The molecule has 38 heavy (non-hydrogen) atoms. The highest BCUT2D eigenvalue weighted by Crippen LogP contribution is 2.33. The van der Waals surface area contributed by atoms with Gasteiger partial charge in [-0.1, -0.05) is 18.2 Å². The Labute approximate surface area is 222 Å². The monoisotopic (exact) mass is 525 g/mol. The number of carbonyl (C=O) groups is 3. The van der Waals surface area contributed by atoms with Crippen molar-refractivity contribution in [2.75, 3.05) is 51.0 Å². The molecule has 0 spiro atoms. The first-order chi connectivity index (χ1) is 18.2. The van der Waals surface area contributed by atoms with Crippen molar-refractivity contribution >= 4 is 23.5 Å². The molecule has 10 heteroatoms. The fourth-order valence-corrected chi connectivity index (χ4v) is 5.14. The Morgan fingerprint density at radius 2 is 1.53 bits per heavy atom. The van der Waals surface area contributed by atoms with Gasteiger partial charge in [-0.15, -0.1) is 0 Å². The summed E-state index contributed by atoms with van der Waals surface area (Å²) < 4.78 is 10.9. The minimum atomic E-state index is -1.82. The lowest BCUT2D eigenvalue weighted by atomic mass is 9.94. The molecule has 0 bridgehead atoms. The van der Waals surface area contributed by atoms with Crippen molar-refractivity contribution in [2.24, 2.45) is 5.92 Å². The standard InChI is InChI=1S/C26H33N3O3.C2H2O4/c1-19-4-3-5-23(20(19)2)28-12-14-29(15-13-28)26(30)22-8-10-27(11-9-22)17-21-6-7-24-25(16-21)32-18-31-24;3-1(4)2(5)6/h3-7,16,22H,8-15,17-18H2,1-2H3;(H,3,4)(H,5,6). The molecule has 0 radical (unpaired) electrons. The molecular weight excluding hydrogens is 490 g/mol. The molecule has 3 aliphatic heterocycles. The summed E-state index contributed by atoms with van der Waals surface area (Å²) in [6.07, 6.45) is 1.89. The number of nitrogens with zero attached hydrogens (tertiary/aromatic N) is 3. The van der Waals surface area contributed by atoms with E-state index < -0.39 is 11.9 Å². The number of likely N-dealkylation sites (tertiary alicyclic amines) is 1. The van der Waals surface area contributed by atoms with Crippen molar-refractivity contribution in [3.63, 3.8) is 0 Å². The van der Waals surface area contributed by atoms with Gasteiger partial charge < -0.3 is 29.5 Å². The number of fused-ring (bicyclic) bond motifs is 1. The number of carbonyl (C=O) groups excluding carboxylic acids is 1. The zero-order valence-electron chi connectivity index (χ0n) is 21.9. The molecule has 2 saturated heterocycles. The Morgan fingerprint density at radius 1 is 0.868 bits per heavy atom. The van der Waals surface area contributed by atoms with E-state index in [2.05, 4.69) is 58.9 Å². The summed E-state index contributed by atoms with van der Waals surface area (Å²) in [4.78, 5) is 38.3. The van der Waals surface area contributed by atoms with Gasteiger partial charge in [-0.25, -0.2) is 9.59 Å². The lowest BCUT2D eigenvalue weighted by Gasteiger charge is -2.40. The van der Waals surface area contributed by atoms with Crippen molar-refractivity contribution in [1.82, 2.24) is 9.80 Å². The van der Waals surface area contributed by atoms with Gasteiger partial charge in [0.25, 0.3) is 0 Å². The maximum atomic E-state index is 13.2. The lowest BCUT2D eigenvalue weighted by Crippen LogP contribution is -2.51. The number of piperidine rings is 1. The molecular formula is C28H35N3O7. The van der Waals surface area contributed by atoms with Crippen molar-refractivity contribution in [1.29, 1.82) is 0 Å². The summed E-state index contributed by atoms with van der Waals surface area (Å²) in [5, 5.41) is 14.8. The van der Waals surface area contributed by atoms with E-state index in [1.165, 1.54) is 22.4 Å². The number of aryl methyl sites for hydroxylation is 1. The van der Waals surface area contributed by atoms with Gasteiger partial charge in [-0.2, -0.15) is 0 Å². The molecule has 204 valence electrons. The Hall–Kier alpha value is -3.79. The molecule has 0 atom stereocenters. The van der Waals surface area contributed by atoms with E-state index in [-0.39, 0.29) is 5.92 Å². The van der Waals surface area contributed by atoms with E-state index in [0.717, 1.165) is 70.2 Å². The number of benzene rings is 2. The smallest absolute Gasteiger partial charge is 0.414 e. The normalized spacial score (nSPS) is 17.5. The van der Waals surface area contributed by atoms with Crippen LogP contribution in [0.15, 0.2) is 36.4 Å². The van der Waals surface area contributed by atoms with Gasteiger partial charge in [0.15, 0.2) is 11.5 Å². The predicted octanol–water partition coefficient (Wildman–Crippen LogP) is 2.75. The van der Waals surface area contributed by atoms with Gasteiger partial charge in [0.2, 0.25) is 12.7 Å². The van der Waals surface area contributed by atoms with Gasteiger partial charge in [0.05, 0.1) is 0 Å². The van der Waals surface area contributed by atoms with Crippen LogP contribution in [0.5, 0.6) is 11.5 Å². The highest BCUT2D eigenvalue weighted by molar-refractivity contribution is 6.27. The molecule has 0 unspecified atom stereocenters. The highest BCUT2D eigenvalue weighted by Gasteiger charge is 2.31. The van der Waals surface area contributed by atoms with Crippen LogP contribution in [-0.4, -0.2) is 83.9 Å². The Morgan fingerprint density at radius 3 is 2.18 bits per heavy atom. The first-order valence-electron chi connectivity index (χ1n) is 12.9. The molecule has 2 fully saturated rings. The van der Waals surface area contributed by atoms with Crippen LogP contribution in [0.25, 0.3) is 0 Å². The second-order valence-corrected chi connectivity index (χ2v) is 9.88. The number of anilines is 1. The molecule has 5 rings (SSSR count). The highest BCUT2D eigenvalue weighted by atomic mass is 16.7. The van der Waals surface area contributed by atoms with Crippen LogP contribution >= 0.6 is 0 Å². The predicted molar refractivity (Wildman–Crippen MR) is 141 cm³/mol. The fraction of sp³-hybridized carbons (Fsp3) is 0.464. The average molecular weight is 526 g/mol. The van der Waals surface area contributed by atoms with Crippen molar-refractivity contribution in [2.45, 2.75) is 33.2 Å². The number of ether oxygens (including phenoxy) is 2. The van der Waals surface area contributed by atoms with Crippen LogP contribution in [0.1, 0.15) is 29.5 Å². The third-order valence-corrected chi connectivity index (χ3v) is 7.47. The molecule has 3 heterocycles. The maximum Gasteiger partial charge on any atom is 0.414 e. The quantitative estimate of drug-likeness (QED) is 0.581. The first-order valence-corrected chi connectivity index (χ1v) is 12.9. The molecule has 2 aromatic rings. The van der Waals surface area contributed by atoms with E-state index in [1.54, 1.807) is 0 Å². The van der Waals surface area contributed by atoms with E-state index in [0.29, 0.717) is 12.7 Å². The summed E-state index contributed by atoms with van der Waals surface area (Å²) in [6, 6.07) is 12.7. The summed E-state index contributed by atoms with van der Waals surface area (Å²) in [6.45, 7) is 11.0. The number of carboxylic acids is 2. The lowest BCUT2D eigenvalue weighted by molar-refractivity contribution is -0.159. The molecule has 0 aromatic heterocycles. The number of rotatable bonds is 4. The van der Waals surface area contributed by atoms with Crippen LogP contribution in [0.3, 0.4) is 0 Å². The van der Waals surface area contributed by atoms with Crippen molar-refractivity contribution in [3.8, 4) is 11.5 Å². The van der Waals surface area contributed by atoms with Crippen molar-refractivity contribution in [3.05, 3.63) is 53.1 Å². The summed E-state index contributed by atoms with van der Waals surface area (Å²) >= 11 is 0. The maximum absolute atomic E-state index is 13.2. The number of hydrogen-bond donors (Lipinski definition) is 2. The van der Waals surface area contributed by atoms with E-state index in [9.17, 15) is 4.79 Å². The third kappa shape index (κ3) is 6.55. The van der Waals surface area contributed by atoms with Gasteiger partial charge >= 0.3 is 11.9 Å². The largest absolute Gasteiger partial charge is 0.473 e. The van der Waals surface area contributed by atoms with Gasteiger partial charge in [0, 0.05) is 44.3 Å². The number of amides is 1. The van der Waals surface area contributed by atoms with Crippen molar-refractivity contribution < 1.29 is 34.1 Å². The second kappa shape index (κ2) is 12.2. The number of aliphatic carboxylic acids is 2. The SMILES string of the molecule is Cc1cccc(N2CCN(C(=O)C3CCN(Cc4ccc5c(c4)OCO5)CC3)CC2)c1C.O=C(O)C(=O)O. The van der Waals surface area contributed by atoms with Crippen LogP contribution < -0.4 is 14.4 Å². The van der Waals surface area contributed by atoms with Gasteiger partial charge in [-0.3, -0.25) is 9.69 Å². The van der Waals surface area contributed by atoms with Crippen LogP contribution in [-0.2, 0) is 20.9 Å². The molecule has 1 amide bonds. The summed E-state index contributed by atoms with van der Waals surface area (Å²) in [7, 11) is 0. The Balaban J connectivity index is 0.000000505. The molecule has 0 saturated carbocycles. The molecule has 2 N–H and O–H groups in total. The Kier molecular flexibility index (Phi) is 8.73. The topological polar surface area (TPSA) is 120 Å². The number of hydrogen-bond acceptors (Lipinski definition) is 7. The second-order valence-electron chi connectivity index (χ2n) is 9.88.